The number of halogens is 1. The van der Waals surface area contributed by atoms with Gasteiger partial charge >= 0.3 is 0 Å². The number of nitrogens with one attached hydrogen (secondary N) is 1. The van der Waals surface area contributed by atoms with Crippen molar-refractivity contribution in [2.45, 2.75) is 44.4 Å². The molecule has 4 rings (SSSR count). The van der Waals surface area contributed by atoms with Gasteiger partial charge in [-0.25, -0.2) is 9.38 Å². The van der Waals surface area contributed by atoms with Crippen molar-refractivity contribution in [1.29, 1.82) is 0 Å². The Bertz CT molecular complexity index is 986. The minimum atomic E-state index is -0.500. The second-order valence-corrected chi connectivity index (χ2v) is 8.66. The van der Waals surface area contributed by atoms with E-state index in [1.54, 1.807) is 4.90 Å². The topological polar surface area (TPSA) is 61.8 Å². The highest BCUT2D eigenvalue weighted by atomic mass is 32.2. The molecule has 2 aliphatic rings. The zero-order chi connectivity index (χ0) is 20.5. The van der Waals surface area contributed by atoms with Crippen LogP contribution in [0.25, 0.3) is 0 Å². The Balaban J connectivity index is 1.51. The highest BCUT2D eigenvalue weighted by Gasteiger charge is 2.46. The molecule has 1 aliphatic heterocycles. The van der Waals surface area contributed by atoms with Crippen molar-refractivity contribution in [3.63, 3.8) is 0 Å². The smallest absolute Gasteiger partial charge is 0.242 e. The first-order valence-electron chi connectivity index (χ1n) is 9.62. The van der Waals surface area contributed by atoms with Crippen LogP contribution < -0.4 is 5.32 Å². The van der Waals surface area contributed by atoms with Gasteiger partial charge < -0.3 is 5.32 Å². The summed E-state index contributed by atoms with van der Waals surface area (Å²) in [6.07, 6.45) is 1.98. The summed E-state index contributed by atoms with van der Waals surface area (Å²) in [6.45, 7) is 4.01. The van der Waals surface area contributed by atoms with Crippen LogP contribution in [0.15, 0.2) is 47.5 Å². The van der Waals surface area contributed by atoms with E-state index < -0.39 is 5.25 Å². The van der Waals surface area contributed by atoms with Gasteiger partial charge in [0.15, 0.2) is 5.17 Å². The van der Waals surface area contributed by atoms with E-state index in [0.717, 1.165) is 29.7 Å². The van der Waals surface area contributed by atoms with E-state index in [0.29, 0.717) is 10.9 Å². The zero-order valence-corrected chi connectivity index (χ0v) is 17.1. The summed E-state index contributed by atoms with van der Waals surface area (Å²) in [7, 11) is 0. The molecule has 2 fully saturated rings. The van der Waals surface area contributed by atoms with Gasteiger partial charge in [0, 0.05) is 18.2 Å². The van der Waals surface area contributed by atoms with Crippen LogP contribution in [0.2, 0.25) is 0 Å². The van der Waals surface area contributed by atoms with Crippen molar-refractivity contribution in [3.05, 3.63) is 59.4 Å². The Hall–Kier alpha value is -2.67. The molecule has 2 amide bonds. The fourth-order valence-electron chi connectivity index (χ4n) is 3.22. The van der Waals surface area contributed by atoms with Gasteiger partial charge in [-0.05, 0) is 68.1 Å². The summed E-state index contributed by atoms with van der Waals surface area (Å²) in [5.74, 6) is -0.695. The predicted molar refractivity (Wildman–Crippen MR) is 114 cm³/mol. The van der Waals surface area contributed by atoms with E-state index in [1.165, 1.54) is 36.0 Å². The van der Waals surface area contributed by atoms with E-state index in [2.05, 4.69) is 5.32 Å². The molecular formula is C22H22FN3O2S. The summed E-state index contributed by atoms with van der Waals surface area (Å²) < 4.78 is 13.0. The third-order valence-electron chi connectivity index (χ3n) is 4.96. The van der Waals surface area contributed by atoms with Gasteiger partial charge in [-0.15, -0.1) is 0 Å². The van der Waals surface area contributed by atoms with Crippen LogP contribution in [0.4, 0.5) is 15.8 Å². The monoisotopic (exact) mass is 411 g/mol. The number of nitrogens with zero attached hydrogens (tertiary/aromatic N) is 2. The van der Waals surface area contributed by atoms with Crippen molar-refractivity contribution in [2.24, 2.45) is 4.99 Å². The number of anilines is 1. The first kappa shape index (κ1) is 19.6. The summed E-state index contributed by atoms with van der Waals surface area (Å²) in [4.78, 5) is 31.9. The molecule has 1 N–H and O–H groups in total. The van der Waals surface area contributed by atoms with E-state index in [9.17, 15) is 14.0 Å². The maximum Gasteiger partial charge on any atom is 0.242 e. The van der Waals surface area contributed by atoms with Gasteiger partial charge in [0.2, 0.25) is 11.8 Å². The lowest BCUT2D eigenvalue weighted by Crippen LogP contribution is -2.35. The molecule has 1 heterocycles. The number of amidine groups is 1. The normalized spacial score (nSPS) is 20.4. The van der Waals surface area contributed by atoms with Crippen LogP contribution in [0, 0.1) is 19.7 Å². The summed E-state index contributed by atoms with van der Waals surface area (Å²) in [5, 5.41) is 2.90. The van der Waals surface area contributed by atoms with Crippen LogP contribution in [0.1, 0.15) is 30.4 Å². The Morgan fingerprint density at radius 3 is 2.62 bits per heavy atom. The van der Waals surface area contributed by atoms with Gasteiger partial charge in [-0.3, -0.25) is 14.5 Å². The maximum absolute atomic E-state index is 13.0. The van der Waals surface area contributed by atoms with Gasteiger partial charge in [-0.2, -0.15) is 0 Å². The van der Waals surface area contributed by atoms with Crippen LogP contribution >= 0.6 is 11.8 Å². The summed E-state index contributed by atoms with van der Waals surface area (Å²) in [6, 6.07) is 11.8. The van der Waals surface area contributed by atoms with Crippen LogP contribution in [-0.4, -0.2) is 33.2 Å². The molecule has 1 saturated heterocycles. The molecule has 0 unspecified atom stereocenters. The van der Waals surface area contributed by atoms with Crippen molar-refractivity contribution >= 4 is 40.1 Å². The number of carbonyl (C=O) groups excluding carboxylic acids is 2. The SMILES string of the molecule is Cc1ccc(C)c(N=C2S[C@@H](CC(=O)Nc3ccc(F)cc3)C(=O)N2C2CC2)c1. The van der Waals surface area contributed by atoms with Gasteiger partial charge in [-0.1, -0.05) is 23.9 Å². The Kier molecular flexibility index (Phi) is 5.41. The number of amides is 2. The molecule has 7 heteroatoms. The fraction of sp³-hybridized carbons (Fsp3) is 0.318. The number of aliphatic imine (C=N–C) groups is 1. The number of carbonyl (C=O) groups is 2. The molecule has 29 heavy (non-hydrogen) atoms. The van der Waals surface area contributed by atoms with Crippen molar-refractivity contribution in [1.82, 2.24) is 4.90 Å². The lowest BCUT2D eigenvalue weighted by Gasteiger charge is -2.15. The molecule has 0 bridgehead atoms. The molecule has 150 valence electrons. The van der Waals surface area contributed by atoms with E-state index in [-0.39, 0.29) is 30.1 Å². The average Bonchev–Trinajstić information content (AvgIpc) is 3.46. The number of hydrogen-bond donors (Lipinski definition) is 1. The van der Waals surface area contributed by atoms with E-state index in [1.807, 2.05) is 32.0 Å². The van der Waals surface area contributed by atoms with E-state index >= 15 is 0 Å². The van der Waals surface area contributed by atoms with Gasteiger partial charge in [0.25, 0.3) is 0 Å². The molecule has 0 aromatic heterocycles. The first-order chi connectivity index (χ1) is 13.9. The standard InChI is InChI=1S/C22H22FN3O2S/c1-13-3-4-14(2)18(11-13)25-22-26(17-9-10-17)21(28)19(29-22)12-20(27)24-16-7-5-15(23)6-8-16/h3-8,11,17,19H,9-10,12H2,1-2H3,(H,24,27)/t19-/m0/s1. The molecule has 1 saturated carbocycles. The molecule has 5 nitrogen and oxygen atoms in total. The molecule has 2 aromatic carbocycles. The van der Waals surface area contributed by atoms with Crippen molar-refractivity contribution in [2.75, 3.05) is 5.32 Å². The predicted octanol–water partition coefficient (Wildman–Crippen LogP) is 4.57. The van der Waals surface area contributed by atoms with Crippen molar-refractivity contribution < 1.29 is 14.0 Å². The Morgan fingerprint density at radius 2 is 1.93 bits per heavy atom. The molecule has 0 radical (unpaired) electrons. The van der Waals surface area contributed by atoms with Gasteiger partial charge in [0.1, 0.15) is 11.1 Å². The third kappa shape index (κ3) is 4.50. The molecular weight excluding hydrogens is 389 g/mol. The highest BCUT2D eigenvalue weighted by Crippen LogP contribution is 2.40. The molecule has 0 spiro atoms. The first-order valence-corrected chi connectivity index (χ1v) is 10.5. The fourth-order valence-corrected chi connectivity index (χ4v) is 4.43. The molecule has 1 atom stereocenters. The molecule has 1 aliphatic carbocycles. The number of rotatable bonds is 5. The lowest BCUT2D eigenvalue weighted by atomic mass is 10.1. The third-order valence-corrected chi connectivity index (χ3v) is 6.11. The van der Waals surface area contributed by atoms with Gasteiger partial charge in [0.05, 0.1) is 5.69 Å². The molecule has 2 aromatic rings. The second-order valence-electron chi connectivity index (χ2n) is 7.49. The highest BCUT2D eigenvalue weighted by molar-refractivity contribution is 8.15. The second kappa shape index (κ2) is 7.99. The largest absolute Gasteiger partial charge is 0.326 e. The van der Waals surface area contributed by atoms with E-state index in [4.69, 9.17) is 4.99 Å². The van der Waals surface area contributed by atoms with Crippen LogP contribution in [0.3, 0.4) is 0 Å². The zero-order valence-electron chi connectivity index (χ0n) is 16.3. The lowest BCUT2D eigenvalue weighted by molar-refractivity contribution is -0.128. The Labute approximate surface area is 173 Å². The average molecular weight is 412 g/mol. The maximum atomic E-state index is 13.0. The summed E-state index contributed by atoms with van der Waals surface area (Å²) >= 11 is 1.35. The minimum absolute atomic E-state index is 0.0515. The summed E-state index contributed by atoms with van der Waals surface area (Å²) in [5.41, 5.74) is 3.51. The quantitative estimate of drug-likeness (QED) is 0.784. The number of benzene rings is 2. The number of aryl methyl sites for hydroxylation is 2. The number of hydrogen-bond acceptors (Lipinski definition) is 4. The van der Waals surface area contributed by atoms with Crippen LogP contribution in [0.5, 0.6) is 0 Å². The number of thioether (sulfide) groups is 1. The minimum Gasteiger partial charge on any atom is -0.326 e. The Morgan fingerprint density at radius 1 is 1.21 bits per heavy atom. The van der Waals surface area contributed by atoms with Crippen molar-refractivity contribution in [3.8, 4) is 0 Å². The van der Waals surface area contributed by atoms with Crippen LogP contribution in [-0.2, 0) is 9.59 Å².